The molecule has 0 aromatic rings. The van der Waals surface area contributed by atoms with E-state index in [9.17, 15) is 8.42 Å². The molecule has 2 N–H and O–H groups in total. The van der Waals surface area contributed by atoms with Crippen LogP contribution in [0.5, 0.6) is 0 Å². The van der Waals surface area contributed by atoms with E-state index in [0.29, 0.717) is 17.3 Å². The van der Waals surface area contributed by atoms with Gasteiger partial charge in [0, 0.05) is 0 Å². The molecule has 0 aliphatic heterocycles. The molecular formula is C10H19NO3S. The van der Waals surface area contributed by atoms with Gasteiger partial charge in [-0.05, 0) is 36.0 Å². The van der Waals surface area contributed by atoms with E-state index < -0.39 is 10.3 Å². The highest BCUT2D eigenvalue weighted by atomic mass is 32.2. The minimum absolute atomic E-state index is 0.211. The summed E-state index contributed by atoms with van der Waals surface area (Å²) >= 11 is 0. The van der Waals surface area contributed by atoms with Crippen molar-refractivity contribution in [2.24, 2.45) is 28.3 Å². The van der Waals surface area contributed by atoms with Crippen molar-refractivity contribution < 1.29 is 12.6 Å². The molecule has 5 heteroatoms. The summed E-state index contributed by atoms with van der Waals surface area (Å²) < 4.78 is 26.7. The van der Waals surface area contributed by atoms with E-state index >= 15 is 0 Å². The molecule has 3 aliphatic carbocycles. The zero-order valence-corrected chi connectivity index (χ0v) is 10.3. The molecule has 0 spiro atoms. The van der Waals surface area contributed by atoms with Gasteiger partial charge in [-0.25, -0.2) is 5.14 Å². The molecule has 0 radical (unpaired) electrons. The Balaban J connectivity index is 2.09. The number of fused-ring (bicyclic) bond motifs is 2. The topological polar surface area (TPSA) is 69.4 Å². The van der Waals surface area contributed by atoms with Crippen molar-refractivity contribution in [2.75, 3.05) is 0 Å². The lowest BCUT2D eigenvalue weighted by Gasteiger charge is -2.61. The molecule has 4 atom stereocenters. The van der Waals surface area contributed by atoms with E-state index in [2.05, 4.69) is 20.8 Å². The van der Waals surface area contributed by atoms with Crippen LogP contribution in [0.3, 0.4) is 0 Å². The highest BCUT2D eigenvalue weighted by molar-refractivity contribution is 7.84. The van der Waals surface area contributed by atoms with Crippen molar-refractivity contribution in [3.8, 4) is 0 Å². The largest absolute Gasteiger partial charge is 0.333 e. The minimum atomic E-state index is -3.80. The molecule has 3 aliphatic rings. The molecule has 3 rings (SSSR count). The minimum Gasteiger partial charge on any atom is -0.255 e. The molecule has 0 unspecified atom stereocenters. The van der Waals surface area contributed by atoms with Gasteiger partial charge in [-0.2, -0.15) is 8.42 Å². The highest BCUT2D eigenvalue weighted by Crippen LogP contribution is 2.61. The number of hydrogen-bond donors (Lipinski definition) is 1. The van der Waals surface area contributed by atoms with Gasteiger partial charge < -0.3 is 0 Å². The third-order valence-corrected chi connectivity index (χ3v) is 5.06. The third-order valence-electron chi connectivity index (χ3n) is 4.54. The molecule has 0 saturated heterocycles. The maximum Gasteiger partial charge on any atom is 0.333 e. The van der Waals surface area contributed by atoms with Crippen molar-refractivity contribution in [1.82, 2.24) is 0 Å². The summed E-state index contributed by atoms with van der Waals surface area (Å²) in [5, 5.41) is 4.91. The van der Waals surface area contributed by atoms with Crippen LogP contribution in [-0.2, 0) is 14.5 Å². The molecule has 88 valence electrons. The van der Waals surface area contributed by atoms with Gasteiger partial charge in [0.15, 0.2) is 0 Å². The summed E-state index contributed by atoms with van der Waals surface area (Å²) in [5.41, 5.74) is 0.345. The molecule has 15 heavy (non-hydrogen) atoms. The predicted octanol–water partition coefficient (Wildman–Crippen LogP) is 1.28. The highest BCUT2D eigenvalue weighted by Gasteiger charge is 2.57. The van der Waals surface area contributed by atoms with Crippen LogP contribution in [0.1, 0.15) is 33.6 Å². The fraction of sp³-hybridized carbons (Fsp3) is 1.00. The molecule has 0 aromatic carbocycles. The summed E-state index contributed by atoms with van der Waals surface area (Å²) in [6.07, 6.45) is 1.82. The first kappa shape index (κ1) is 11.4. The van der Waals surface area contributed by atoms with Gasteiger partial charge in [0.25, 0.3) is 0 Å². The Hall–Kier alpha value is -0.130. The van der Waals surface area contributed by atoms with Crippen molar-refractivity contribution in [1.29, 1.82) is 0 Å². The van der Waals surface area contributed by atoms with E-state index in [-0.39, 0.29) is 12.0 Å². The molecule has 2 bridgehead atoms. The van der Waals surface area contributed by atoms with Crippen LogP contribution < -0.4 is 5.14 Å². The second-order valence-corrected chi connectivity index (χ2v) is 6.76. The van der Waals surface area contributed by atoms with Crippen molar-refractivity contribution in [3.63, 3.8) is 0 Å². The van der Waals surface area contributed by atoms with Gasteiger partial charge in [0.1, 0.15) is 0 Å². The fourth-order valence-electron chi connectivity index (χ4n) is 3.40. The van der Waals surface area contributed by atoms with E-state index in [1.54, 1.807) is 0 Å². The fourth-order valence-corrected chi connectivity index (χ4v) is 4.00. The first-order valence-electron chi connectivity index (χ1n) is 5.43. The molecule has 4 nitrogen and oxygen atoms in total. The molecule has 0 amide bonds. The lowest BCUT2D eigenvalue weighted by molar-refractivity contribution is -0.145. The molecule has 3 saturated carbocycles. The lowest BCUT2D eigenvalue weighted by atomic mass is 9.45. The quantitative estimate of drug-likeness (QED) is 0.781. The standard InChI is InChI=1S/C10H19NO3S/c1-6-8-4-7(10(8,2)3)5-9(6)14-15(11,12)13/h6-9H,4-5H2,1-3H3,(H2,11,12,13)/t6-,7+,8-,9-/m0/s1. The van der Waals surface area contributed by atoms with Crippen LogP contribution in [0.15, 0.2) is 0 Å². The van der Waals surface area contributed by atoms with Gasteiger partial charge >= 0.3 is 10.3 Å². The first-order chi connectivity index (χ1) is 6.72. The van der Waals surface area contributed by atoms with Crippen molar-refractivity contribution in [2.45, 2.75) is 39.7 Å². The molecular weight excluding hydrogens is 214 g/mol. The van der Waals surface area contributed by atoms with Gasteiger partial charge in [-0.1, -0.05) is 20.8 Å². The molecule has 0 heterocycles. The second kappa shape index (κ2) is 3.18. The number of hydrogen-bond acceptors (Lipinski definition) is 3. The second-order valence-electron chi connectivity index (χ2n) is 5.58. The monoisotopic (exact) mass is 233 g/mol. The Labute approximate surface area is 91.4 Å². The summed E-state index contributed by atoms with van der Waals surface area (Å²) in [7, 11) is -3.80. The first-order valence-corrected chi connectivity index (χ1v) is 6.90. The summed E-state index contributed by atoms with van der Waals surface area (Å²) in [6, 6.07) is 0. The average molecular weight is 233 g/mol. The van der Waals surface area contributed by atoms with Gasteiger partial charge in [0.2, 0.25) is 0 Å². The Morgan fingerprint density at radius 1 is 1.33 bits per heavy atom. The van der Waals surface area contributed by atoms with Crippen molar-refractivity contribution >= 4 is 10.3 Å². The van der Waals surface area contributed by atoms with Crippen molar-refractivity contribution in [3.05, 3.63) is 0 Å². The Morgan fingerprint density at radius 3 is 2.33 bits per heavy atom. The van der Waals surface area contributed by atoms with Crippen LogP contribution in [-0.4, -0.2) is 14.5 Å². The van der Waals surface area contributed by atoms with E-state index in [1.165, 1.54) is 6.42 Å². The summed E-state index contributed by atoms with van der Waals surface area (Å²) in [5.74, 6) is 1.44. The van der Waals surface area contributed by atoms with Gasteiger partial charge in [-0.15, -0.1) is 0 Å². The molecule has 0 aromatic heterocycles. The average Bonchev–Trinajstić information content (AvgIpc) is 2.05. The van der Waals surface area contributed by atoms with Crippen LogP contribution in [0.2, 0.25) is 0 Å². The van der Waals surface area contributed by atoms with Gasteiger partial charge in [0.05, 0.1) is 6.10 Å². The van der Waals surface area contributed by atoms with Crippen LogP contribution in [0.4, 0.5) is 0 Å². The van der Waals surface area contributed by atoms with Crippen LogP contribution >= 0.6 is 0 Å². The van der Waals surface area contributed by atoms with E-state index in [0.717, 1.165) is 6.42 Å². The van der Waals surface area contributed by atoms with Gasteiger partial charge in [-0.3, -0.25) is 4.18 Å². The summed E-state index contributed by atoms with van der Waals surface area (Å²) in [4.78, 5) is 0. The van der Waals surface area contributed by atoms with Crippen LogP contribution in [0.25, 0.3) is 0 Å². The number of rotatable bonds is 2. The van der Waals surface area contributed by atoms with E-state index in [4.69, 9.17) is 9.32 Å². The smallest absolute Gasteiger partial charge is 0.255 e. The normalized spacial score (nSPS) is 43.5. The third kappa shape index (κ3) is 1.81. The zero-order valence-electron chi connectivity index (χ0n) is 9.43. The number of nitrogens with two attached hydrogens (primary N) is 1. The zero-order chi connectivity index (χ0) is 11.4. The Kier molecular flexibility index (Phi) is 2.41. The van der Waals surface area contributed by atoms with Crippen LogP contribution in [0, 0.1) is 23.2 Å². The lowest BCUT2D eigenvalue weighted by Crippen LogP contribution is -2.57. The maximum absolute atomic E-state index is 10.9. The predicted molar refractivity (Wildman–Crippen MR) is 57.1 cm³/mol. The summed E-state index contributed by atoms with van der Waals surface area (Å²) in [6.45, 7) is 6.59. The Morgan fingerprint density at radius 2 is 1.93 bits per heavy atom. The Bertz CT molecular complexity index is 363. The maximum atomic E-state index is 10.9. The SMILES string of the molecule is C[C@@H]1[C@@H](OS(N)(=O)=O)C[C@H]2C[C@@H]1C2(C)C. The molecule has 3 fully saturated rings. The van der Waals surface area contributed by atoms with E-state index in [1.807, 2.05) is 0 Å².